The van der Waals surface area contributed by atoms with Gasteiger partial charge in [-0.15, -0.1) is 0 Å². The molecule has 0 amide bonds. The molecular formula is C28H24N2O3. The van der Waals surface area contributed by atoms with Gasteiger partial charge in [0.1, 0.15) is 5.75 Å². The Bertz CT molecular complexity index is 1450. The number of carboxylic acid groups (broad SMARTS) is 1. The number of aryl methyl sites for hydroxylation is 2. The topological polar surface area (TPSA) is 63.8 Å². The molecule has 2 aromatic heterocycles. The lowest BCUT2D eigenvalue weighted by atomic mass is 10.1. The molecular weight excluding hydrogens is 412 g/mol. The minimum Gasteiger partial charge on any atom is -0.493 e. The van der Waals surface area contributed by atoms with Crippen LogP contribution in [0.1, 0.15) is 28.0 Å². The Balaban J connectivity index is 1.40. The van der Waals surface area contributed by atoms with Gasteiger partial charge in [0.15, 0.2) is 5.69 Å². The van der Waals surface area contributed by atoms with Crippen LogP contribution >= 0.6 is 0 Å². The van der Waals surface area contributed by atoms with Gasteiger partial charge in [0.05, 0.1) is 17.8 Å². The molecule has 2 heterocycles. The average molecular weight is 437 g/mol. The third-order valence-corrected chi connectivity index (χ3v) is 5.89. The van der Waals surface area contributed by atoms with Gasteiger partial charge in [-0.3, -0.25) is 0 Å². The first-order chi connectivity index (χ1) is 16.1. The van der Waals surface area contributed by atoms with Crippen molar-refractivity contribution in [3.63, 3.8) is 0 Å². The first-order valence-corrected chi connectivity index (χ1v) is 11.0. The van der Waals surface area contributed by atoms with Gasteiger partial charge in [0, 0.05) is 16.5 Å². The third kappa shape index (κ3) is 4.05. The van der Waals surface area contributed by atoms with Gasteiger partial charge in [0.2, 0.25) is 0 Å². The maximum Gasteiger partial charge on any atom is 0.356 e. The van der Waals surface area contributed by atoms with Crippen LogP contribution in [-0.4, -0.2) is 27.3 Å². The lowest BCUT2D eigenvalue weighted by Gasteiger charge is -2.09. The maximum atomic E-state index is 12.0. The van der Waals surface area contributed by atoms with Crippen molar-refractivity contribution in [2.24, 2.45) is 0 Å². The van der Waals surface area contributed by atoms with Gasteiger partial charge in [0.25, 0.3) is 0 Å². The van der Waals surface area contributed by atoms with Crippen LogP contribution in [0.3, 0.4) is 0 Å². The summed E-state index contributed by atoms with van der Waals surface area (Å²) in [5.41, 5.74) is 4.68. The molecule has 0 fully saturated rings. The number of aromatic carboxylic acids is 1. The van der Waals surface area contributed by atoms with Crippen molar-refractivity contribution < 1.29 is 14.6 Å². The van der Waals surface area contributed by atoms with Crippen molar-refractivity contribution in [3.05, 3.63) is 102 Å². The van der Waals surface area contributed by atoms with E-state index < -0.39 is 5.97 Å². The van der Waals surface area contributed by atoms with Crippen molar-refractivity contribution >= 4 is 22.3 Å². The number of hydrogen-bond acceptors (Lipinski definition) is 3. The summed E-state index contributed by atoms with van der Waals surface area (Å²) in [6.07, 6.45) is 1.24. The first kappa shape index (κ1) is 20.8. The minimum atomic E-state index is -1.02. The molecule has 0 saturated carbocycles. The lowest BCUT2D eigenvalue weighted by Crippen LogP contribution is -2.04. The summed E-state index contributed by atoms with van der Waals surface area (Å²) in [7, 11) is 0. The SMILES string of the molecule is Cc1ccc(-c2cccc3c(CCCOc4cccc5ccccc45)c(C(=O)O)nn23)cc1. The molecule has 0 unspecified atom stereocenters. The Labute approximate surface area is 191 Å². The Morgan fingerprint density at radius 1 is 0.939 bits per heavy atom. The number of pyridine rings is 1. The van der Waals surface area contributed by atoms with E-state index in [0.29, 0.717) is 19.4 Å². The van der Waals surface area contributed by atoms with Crippen LogP contribution in [0, 0.1) is 6.92 Å². The second kappa shape index (κ2) is 8.79. The summed E-state index contributed by atoms with van der Waals surface area (Å²) in [4.78, 5) is 12.0. The van der Waals surface area contributed by atoms with Crippen LogP contribution in [-0.2, 0) is 6.42 Å². The van der Waals surface area contributed by atoms with Gasteiger partial charge in [-0.1, -0.05) is 72.3 Å². The highest BCUT2D eigenvalue weighted by atomic mass is 16.5. The lowest BCUT2D eigenvalue weighted by molar-refractivity contribution is 0.0689. The van der Waals surface area contributed by atoms with Crippen molar-refractivity contribution in [1.82, 2.24) is 9.61 Å². The van der Waals surface area contributed by atoms with Crippen molar-refractivity contribution in [2.45, 2.75) is 19.8 Å². The molecule has 5 rings (SSSR count). The summed E-state index contributed by atoms with van der Waals surface area (Å²) < 4.78 is 7.80. The van der Waals surface area contributed by atoms with Gasteiger partial charge in [-0.25, -0.2) is 9.31 Å². The molecule has 0 spiro atoms. The van der Waals surface area contributed by atoms with E-state index in [1.165, 1.54) is 5.56 Å². The fourth-order valence-corrected chi connectivity index (χ4v) is 4.23. The number of hydrogen-bond donors (Lipinski definition) is 1. The molecule has 0 radical (unpaired) electrons. The Morgan fingerprint density at radius 3 is 2.52 bits per heavy atom. The molecule has 0 saturated heterocycles. The zero-order valence-electron chi connectivity index (χ0n) is 18.4. The molecule has 0 aliphatic heterocycles. The Kier molecular flexibility index (Phi) is 5.53. The molecule has 33 heavy (non-hydrogen) atoms. The van der Waals surface area contributed by atoms with Gasteiger partial charge in [-0.2, -0.15) is 5.10 Å². The first-order valence-electron chi connectivity index (χ1n) is 11.0. The number of carbonyl (C=O) groups is 1. The molecule has 5 heteroatoms. The number of carboxylic acids is 1. The van der Waals surface area contributed by atoms with Gasteiger partial charge in [-0.05, 0) is 43.4 Å². The number of benzene rings is 3. The number of rotatable bonds is 7. The van der Waals surface area contributed by atoms with E-state index in [-0.39, 0.29) is 5.69 Å². The Morgan fingerprint density at radius 2 is 1.70 bits per heavy atom. The third-order valence-electron chi connectivity index (χ3n) is 5.89. The highest BCUT2D eigenvalue weighted by Gasteiger charge is 2.20. The fourth-order valence-electron chi connectivity index (χ4n) is 4.23. The van der Waals surface area contributed by atoms with Gasteiger partial charge >= 0.3 is 5.97 Å². The van der Waals surface area contributed by atoms with Crippen molar-refractivity contribution in [2.75, 3.05) is 6.61 Å². The zero-order valence-corrected chi connectivity index (χ0v) is 18.4. The van der Waals surface area contributed by atoms with Crippen LogP contribution in [0.2, 0.25) is 0 Å². The highest BCUT2D eigenvalue weighted by molar-refractivity contribution is 5.90. The number of nitrogens with zero attached hydrogens (tertiary/aromatic N) is 2. The van der Waals surface area contributed by atoms with Crippen molar-refractivity contribution in [1.29, 1.82) is 0 Å². The minimum absolute atomic E-state index is 0.0970. The average Bonchev–Trinajstić information content (AvgIpc) is 3.21. The molecule has 3 aromatic carbocycles. The molecule has 1 N–H and O–H groups in total. The van der Waals surface area contributed by atoms with E-state index in [9.17, 15) is 9.90 Å². The fraction of sp³-hybridized carbons (Fsp3) is 0.143. The quantitative estimate of drug-likeness (QED) is 0.310. The molecule has 0 aliphatic carbocycles. The van der Waals surface area contributed by atoms with Crippen LogP contribution in [0.5, 0.6) is 5.75 Å². The predicted molar refractivity (Wildman–Crippen MR) is 130 cm³/mol. The van der Waals surface area contributed by atoms with E-state index in [1.807, 2.05) is 79.7 Å². The molecule has 0 bridgehead atoms. The molecule has 164 valence electrons. The monoisotopic (exact) mass is 436 g/mol. The van der Waals surface area contributed by atoms with E-state index in [1.54, 1.807) is 4.52 Å². The molecule has 5 nitrogen and oxygen atoms in total. The number of aromatic nitrogens is 2. The molecule has 0 atom stereocenters. The summed E-state index contributed by atoms with van der Waals surface area (Å²) >= 11 is 0. The maximum absolute atomic E-state index is 12.0. The number of ether oxygens (including phenoxy) is 1. The summed E-state index contributed by atoms with van der Waals surface area (Å²) in [5, 5.41) is 16.5. The van der Waals surface area contributed by atoms with E-state index in [4.69, 9.17) is 4.74 Å². The van der Waals surface area contributed by atoms with Crippen molar-refractivity contribution in [3.8, 4) is 17.0 Å². The summed E-state index contributed by atoms with van der Waals surface area (Å²) in [6, 6.07) is 28.1. The normalized spacial score (nSPS) is 11.2. The van der Waals surface area contributed by atoms with Crippen LogP contribution in [0.4, 0.5) is 0 Å². The largest absolute Gasteiger partial charge is 0.493 e. The summed E-state index contributed by atoms with van der Waals surface area (Å²) in [6.45, 7) is 2.53. The number of fused-ring (bicyclic) bond motifs is 2. The van der Waals surface area contributed by atoms with E-state index in [0.717, 1.165) is 38.9 Å². The Hall–Kier alpha value is -4.12. The zero-order chi connectivity index (χ0) is 22.8. The van der Waals surface area contributed by atoms with E-state index >= 15 is 0 Å². The summed E-state index contributed by atoms with van der Waals surface area (Å²) in [5.74, 6) is -0.174. The van der Waals surface area contributed by atoms with E-state index in [2.05, 4.69) is 17.2 Å². The second-order valence-electron chi connectivity index (χ2n) is 8.14. The highest BCUT2D eigenvalue weighted by Crippen LogP contribution is 2.27. The predicted octanol–water partition coefficient (Wildman–Crippen LogP) is 6.17. The second-order valence-corrected chi connectivity index (χ2v) is 8.14. The van der Waals surface area contributed by atoms with Crippen LogP contribution in [0.15, 0.2) is 84.9 Å². The smallest absolute Gasteiger partial charge is 0.356 e. The van der Waals surface area contributed by atoms with Gasteiger partial charge < -0.3 is 9.84 Å². The molecule has 0 aliphatic rings. The molecule has 5 aromatic rings. The van der Waals surface area contributed by atoms with Crippen LogP contribution in [0.25, 0.3) is 27.5 Å². The standard InChI is InChI=1S/C28H24N2O3/c1-19-14-16-21(17-15-19)24-11-5-12-25-23(27(28(31)32)29-30(24)25)10-6-18-33-26-13-4-8-20-7-2-3-9-22(20)26/h2-5,7-9,11-17H,6,10,18H2,1H3,(H,31,32). The van der Waals surface area contributed by atoms with Crippen LogP contribution < -0.4 is 4.74 Å².